The van der Waals surface area contributed by atoms with Crippen molar-refractivity contribution >= 4 is 32.6 Å². The first-order valence-electron chi connectivity index (χ1n) is 5.53. The van der Waals surface area contributed by atoms with E-state index in [1.807, 2.05) is 6.07 Å². The van der Waals surface area contributed by atoms with Crippen LogP contribution in [0, 0.1) is 6.07 Å². The van der Waals surface area contributed by atoms with Crippen molar-refractivity contribution in [2.45, 2.75) is 13.8 Å². The zero-order valence-corrected chi connectivity index (χ0v) is 10.7. The highest BCUT2D eigenvalue weighted by atomic mass is 32.1. The molecule has 0 aliphatic rings. The van der Waals surface area contributed by atoms with Crippen molar-refractivity contribution in [3.05, 3.63) is 23.8 Å². The quantitative estimate of drug-likeness (QED) is 0.900. The van der Waals surface area contributed by atoms with Gasteiger partial charge in [0.05, 0.1) is 15.8 Å². The number of benzene rings is 1. The van der Waals surface area contributed by atoms with Crippen molar-refractivity contribution < 1.29 is 4.79 Å². The SMILES string of the molecule is CCN(CC)c1nc2c(C(N)=O)[c]ccc2s1. The van der Waals surface area contributed by atoms with E-state index in [-0.39, 0.29) is 0 Å². The molecule has 0 saturated carbocycles. The normalized spacial score (nSPS) is 10.7. The summed E-state index contributed by atoms with van der Waals surface area (Å²) in [4.78, 5) is 17.9. The van der Waals surface area contributed by atoms with Crippen LogP contribution in [0.2, 0.25) is 0 Å². The highest BCUT2D eigenvalue weighted by Crippen LogP contribution is 2.30. The van der Waals surface area contributed by atoms with Gasteiger partial charge in [0, 0.05) is 13.1 Å². The Hall–Kier alpha value is -1.62. The minimum Gasteiger partial charge on any atom is -0.366 e. The molecule has 0 spiro atoms. The van der Waals surface area contributed by atoms with Crippen LogP contribution in [-0.4, -0.2) is 24.0 Å². The summed E-state index contributed by atoms with van der Waals surface area (Å²) in [6.45, 7) is 5.95. The van der Waals surface area contributed by atoms with Gasteiger partial charge in [-0.05, 0) is 26.0 Å². The average Bonchev–Trinajstić information content (AvgIpc) is 2.73. The molecule has 1 aromatic carbocycles. The number of fused-ring (bicyclic) bond motifs is 1. The molecule has 2 rings (SSSR count). The summed E-state index contributed by atoms with van der Waals surface area (Å²) < 4.78 is 0.972. The Labute approximate surface area is 104 Å². The van der Waals surface area contributed by atoms with Gasteiger partial charge >= 0.3 is 0 Å². The second-order valence-corrected chi connectivity index (χ2v) is 4.61. The molecule has 2 aromatic rings. The van der Waals surface area contributed by atoms with E-state index >= 15 is 0 Å². The lowest BCUT2D eigenvalue weighted by atomic mass is 10.2. The second-order valence-electron chi connectivity index (χ2n) is 3.60. The van der Waals surface area contributed by atoms with Crippen molar-refractivity contribution in [2.24, 2.45) is 5.73 Å². The molecule has 1 aromatic heterocycles. The van der Waals surface area contributed by atoms with Crippen LogP contribution in [-0.2, 0) is 0 Å². The fourth-order valence-electron chi connectivity index (χ4n) is 1.70. The zero-order valence-electron chi connectivity index (χ0n) is 9.86. The summed E-state index contributed by atoms with van der Waals surface area (Å²) in [6, 6.07) is 6.47. The van der Waals surface area contributed by atoms with E-state index in [1.165, 1.54) is 0 Å². The smallest absolute Gasteiger partial charge is 0.251 e. The van der Waals surface area contributed by atoms with Crippen molar-refractivity contribution in [1.82, 2.24) is 4.98 Å². The Morgan fingerprint density at radius 3 is 2.82 bits per heavy atom. The zero-order chi connectivity index (χ0) is 12.4. The van der Waals surface area contributed by atoms with Gasteiger partial charge in [0.15, 0.2) is 5.13 Å². The molecule has 89 valence electrons. The molecule has 0 bridgehead atoms. The molecule has 0 saturated heterocycles. The lowest BCUT2D eigenvalue weighted by Gasteiger charge is -2.16. The second kappa shape index (κ2) is 4.71. The molecule has 0 atom stereocenters. The van der Waals surface area contributed by atoms with Gasteiger partial charge in [-0.1, -0.05) is 17.4 Å². The van der Waals surface area contributed by atoms with Gasteiger partial charge in [0.2, 0.25) is 0 Å². The van der Waals surface area contributed by atoms with E-state index in [4.69, 9.17) is 5.73 Å². The van der Waals surface area contributed by atoms with Crippen LogP contribution < -0.4 is 10.6 Å². The number of hydrogen-bond donors (Lipinski definition) is 1. The number of thiazole rings is 1. The highest BCUT2D eigenvalue weighted by Gasteiger charge is 2.14. The van der Waals surface area contributed by atoms with E-state index < -0.39 is 5.91 Å². The monoisotopic (exact) mass is 248 g/mol. The molecule has 5 heteroatoms. The van der Waals surface area contributed by atoms with Crippen LogP contribution >= 0.6 is 11.3 Å². The summed E-state index contributed by atoms with van der Waals surface area (Å²) in [5, 5.41) is 0.923. The van der Waals surface area contributed by atoms with Gasteiger partial charge in [-0.15, -0.1) is 0 Å². The first kappa shape index (κ1) is 11.9. The Balaban J connectivity index is 2.57. The minimum atomic E-state index is -0.480. The molecular weight excluding hydrogens is 234 g/mol. The topological polar surface area (TPSA) is 59.2 Å². The summed E-state index contributed by atoms with van der Waals surface area (Å²) in [5.41, 5.74) is 6.34. The molecule has 0 unspecified atom stereocenters. The molecule has 0 aliphatic heterocycles. The molecule has 1 heterocycles. The first-order chi connectivity index (χ1) is 8.17. The Morgan fingerprint density at radius 2 is 2.24 bits per heavy atom. The van der Waals surface area contributed by atoms with E-state index in [2.05, 4.69) is 29.8 Å². The number of rotatable bonds is 4. The minimum absolute atomic E-state index is 0.372. The van der Waals surface area contributed by atoms with Crippen molar-refractivity contribution in [3.8, 4) is 0 Å². The number of carbonyl (C=O) groups is 1. The maximum Gasteiger partial charge on any atom is 0.251 e. The molecule has 0 fully saturated rings. The maximum atomic E-state index is 11.3. The van der Waals surface area contributed by atoms with E-state index in [0.29, 0.717) is 11.1 Å². The lowest BCUT2D eigenvalue weighted by molar-refractivity contribution is 0.100. The van der Waals surface area contributed by atoms with Crippen LogP contribution in [0.3, 0.4) is 0 Å². The van der Waals surface area contributed by atoms with Crippen LogP contribution in [0.1, 0.15) is 24.2 Å². The van der Waals surface area contributed by atoms with E-state index in [0.717, 1.165) is 22.9 Å². The molecule has 2 N–H and O–H groups in total. The molecule has 0 aliphatic carbocycles. The van der Waals surface area contributed by atoms with Gasteiger partial charge < -0.3 is 10.6 Å². The van der Waals surface area contributed by atoms with Crippen molar-refractivity contribution in [3.63, 3.8) is 0 Å². The molecule has 1 amide bonds. The predicted molar refractivity (Wildman–Crippen MR) is 70.5 cm³/mol. The van der Waals surface area contributed by atoms with Crippen LogP contribution in [0.5, 0.6) is 0 Å². The maximum absolute atomic E-state index is 11.3. The molecule has 1 radical (unpaired) electrons. The lowest BCUT2D eigenvalue weighted by Crippen LogP contribution is -2.21. The average molecular weight is 248 g/mol. The van der Waals surface area contributed by atoms with Gasteiger partial charge in [0.25, 0.3) is 5.91 Å². The van der Waals surface area contributed by atoms with Gasteiger partial charge in [-0.2, -0.15) is 0 Å². The van der Waals surface area contributed by atoms with Crippen LogP contribution in [0.15, 0.2) is 12.1 Å². The number of hydrogen-bond acceptors (Lipinski definition) is 4. The third-order valence-electron chi connectivity index (χ3n) is 2.62. The van der Waals surface area contributed by atoms with E-state index in [9.17, 15) is 4.79 Å². The van der Waals surface area contributed by atoms with Gasteiger partial charge in [-0.25, -0.2) is 4.98 Å². The Morgan fingerprint density at radius 1 is 1.53 bits per heavy atom. The fraction of sp³-hybridized carbons (Fsp3) is 0.333. The van der Waals surface area contributed by atoms with Crippen molar-refractivity contribution in [2.75, 3.05) is 18.0 Å². The van der Waals surface area contributed by atoms with Gasteiger partial charge in [0.1, 0.15) is 0 Å². The number of carbonyl (C=O) groups excluding carboxylic acids is 1. The molecule has 17 heavy (non-hydrogen) atoms. The van der Waals surface area contributed by atoms with Gasteiger partial charge in [-0.3, -0.25) is 4.79 Å². The first-order valence-corrected chi connectivity index (χ1v) is 6.35. The third kappa shape index (κ3) is 2.10. The third-order valence-corrected chi connectivity index (χ3v) is 3.70. The fourth-order valence-corrected chi connectivity index (χ4v) is 2.80. The molecular formula is C12H14N3OS. The number of nitrogens with zero attached hydrogens (tertiary/aromatic N) is 2. The Bertz CT molecular complexity index is 546. The van der Waals surface area contributed by atoms with Crippen molar-refractivity contribution in [1.29, 1.82) is 0 Å². The summed E-state index contributed by atoms with van der Waals surface area (Å²) in [6.07, 6.45) is 0. The number of nitrogens with two attached hydrogens (primary N) is 1. The highest BCUT2D eigenvalue weighted by molar-refractivity contribution is 7.22. The summed E-state index contributed by atoms with van der Waals surface area (Å²) in [5.74, 6) is -0.480. The predicted octanol–water partition coefficient (Wildman–Crippen LogP) is 2.04. The van der Waals surface area contributed by atoms with Crippen LogP contribution in [0.4, 0.5) is 5.13 Å². The van der Waals surface area contributed by atoms with Crippen LogP contribution in [0.25, 0.3) is 10.2 Å². The Kier molecular flexibility index (Phi) is 3.28. The standard InChI is InChI=1S/C12H14N3OS/c1-3-15(4-2)12-14-10-8(11(13)16)6-5-7-9(10)17-12/h5,7H,3-4H2,1-2H3,(H2,13,16). The summed E-state index contributed by atoms with van der Waals surface area (Å²) in [7, 11) is 0. The number of primary amides is 1. The largest absolute Gasteiger partial charge is 0.366 e. The molecule has 4 nitrogen and oxygen atoms in total. The van der Waals surface area contributed by atoms with E-state index in [1.54, 1.807) is 17.4 Å². The number of amides is 1. The summed E-state index contributed by atoms with van der Waals surface area (Å²) >= 11 is 1.57. The number of aromatic nitrogens is 1. The number of anilines is 1.